The zero-order valence-corrected chi connectivity index (χ0v) is 14.9. The Labute approximate surface area is 152 Å². The van der Waals surface area contributed by atoms with Gasteiger partial charge >= 0.3 is 0 Å². The highest BCUT2D eigenvalue weighted by molar-refractivity contribution is 5.81. The van der Waals surface area contributed by atoms with Crippen LogP contribution in [-0.2, 0) is 0 Å². The molecular weight excluding hydrogens is 320 g/mol. The molecule has 0 radical (unpaired) electrons. The van der Waals surface area contributed by atoms with Crippen molar-refractivity contribution < 1.29 is 0 Å². The van der Waals surface area contributed by atoms with Gasteiger partial charge in [0.25, 0.3) is 5.56 Å². The summed E-state index contributed by atoms with van der Waals surface area (Å²) >= 11 is 0. The van der Waals surface area contributed by atoms with Gasteiger partial charge in [0, 0.05) is 5.56 Å². The third kappa shape index (κ3) is 2.78. The molecule has 0 saturated carbocycles. The number of rotatable bonds is 3. The van der Waals surface area contributed by atoms with Gasteiger partial charge in [-0.2, -0.15) is 0 Å². The fourth-order valence-corrected chi connectivity index (χ4v) is 3.30. The second-order valence-electron chi connectivity index (χ2n) is 6.52. The normalized spacial score (nSPS) is 10.8. The Morgan fingerprint density at radius 2 is 1.46 bits per heavy atom. The highest BCUT2D eigenvalue weighted by atomic mass is 16.1. The summed E-state index contributed by atoms with van der Waals surface area (Å²) in [5, 5.41) is 3.35. The maximum atomic E-state index is 13.3. The minimum absolute atomic E-state index is 0.0398. The topological polar surface area (TPSA) is 37.8 Å². The lowest BCUT2D eigenvalue weighted by atomic mass is 10.0. The molecule has 0 fully saturated rings. The molecule has 3 nitrogen and oxygen atoms in total. The summed E-state index contributed by atoms with van der Waals surface area (Å²) in [5.74, 6) is 0. The summed E-state index contributed by atoms with van der Waals surface area (Å²) in [5.41, 5.74) is 6.49. The first-order valence-electron chi connectivity index (χ1n) is 8.68. The quantitative estimate of drug-likeness (QED) is 0.552. The summed E-state index contributed by atoms with van der Waals surface area (Å²) < 4.78 is 1.65. The van der Waals surface area contributed by atoms with Gasteiger partial charge in [-0.15, -0.1) is 0 Å². The SMILES string of the molecule is Cc1cccc(-c2[nH]n(-c3ccccc3C)c(=O)c2-c2ccccc2)c1. The lowest BCUT2D eigenvalue weighted by molar-refractivity contribution is 0.846. The van der Waals surface area contributed by atoms with Crippen LogP contribution in [0.2, 0.25) is 0 Å². The van der Waals surface area contributed by atoms with Crippen LogP contribution >= 0.6 is 0 Å². The van der Waals surface area contributed by atoms with E-state index in [9.17, 15) is 4.79 Å². The fraction of sp³-hybridized carbons (Fsp3) is 0.0870. The van der Waals surface area contributed by atoms with Crippen molar-refractivity contribution >= 4 is 0 Å². The van der Waals surface area contributed by atoms with Crippen molar-refractivity contribution in [3.63, 3.8) is 0 Å². The smallest absolute Gasteiger partial charge is 0.279 e. The van der Waals surface area contributed by atoms with Crippen LogP contribution in [-0.4, -0.2) is 9.78 Å². The number of aromatic amines is 1. The van der Waals surface area contributed by atoms with Crippen LogP contribution in [0.25, 0.3) is 28.1 Å². The van der Waals surface area contributed by atoms with Crippen LogP contribution < -0.4 is 5.56 Å². The minimum atomic E-state index is -0.0398. The minimum Gasteiger partial charge on any atom is -0.290 e. The molecule has 26 heavy (non-hydrogen) atoms. The molecule has 3 aromatic carbocycles. The first kappa shape index (κ1) is 16.2. The molecule has 0 aliphatic carbocycles. The number of nitrogens with one attached hydrogen (secondary N) is 1. The predicted octanol–water partition coefficient (Wildman–Crippen LogP) is 5.12. The van der Waals surface area contributed by atoms with E-state index in [1.165, 1.54) is 0 Å². The molecule has 0 bridgehead atoms. The maximum absolute atomic E-state index is 13.3. The van der Waals surface area contributed by atoms with Gasteiger partial charge in [-0.25, -0.2) is 4.68 Å². The van der Waals surface area contributed by atoms with Gasteiger partial charge in [0.15, 0.2) is 0 Å². The van der Waals surface area contributed by atoms with E-state index in [1.54, 1.807) is 4.68 Å². The molecule has 0 aliphatic heterocycles. The first-order chi connectivity index (χ1) is 12.6. The molecule has 3 heteroatoms. The second-order valence-corrected chi connectivity index (χ2v) is 6.52. The zero-order chi connectivity index (χ0) is 18.1. The number of H-pyrrole nitrogens is 1. The van der Waals surface area contributed by atoms with Crippen LogP contribution in [0.5, 0.6) is 0 Å². The Balaban J connectivity index is 2.03. The highest BCUT2D eigenvalue weighted by Gasteiger charge is 2.19. The van der Waals surface area contributed by atoms with Gasteiger partial charge in [0.1, 0.15) is 0 Å². The van der Waals surface area contributed by atoms with Gasteiger partial charge in [-0.1, -0.05) is 72.3 Å². The van der Waals surface area contributed by atoms with Gasteiger partial charge in [0.2, 0.25) is 0 Å². The average Bonchev–Trinajstić information content (AvgIpc) is 3.00. The number of para-hydroxylation sites is 1. The van der Waals surface area contributed by atoms with Crippen molar-refractivity contribution in [2.24, 2.45) is 0 Å². The Bertz CT molecular complexity index is 1120. The molecule has 0 aliphatic rings. The van der Waals surface area contributed by atoms with Crippen molar-refractivity contribution in [3.8, 4) is 28.1 Å². The average molecular weight is 340 g/mol. The largest absolute Gasteiger partial charge is 0.290 e. The van der Waals surface area contributed by atoms with Gasteiger partial charge in [-0.3, -0.25) is 9.89 Å². The third-order valence-corrected chi connectivity index (χ3v) is 4.62. The summed E-state index contributed by atoms with van der Waals surface area (Å²) in [6, 6.07) is 25.9. The van der Waals surface area contributed by atoms with Gasteiger partial charge in [0.05, 0.1) is 16.9 Å². The third-order valence-electron chi connectivity index (χ3n) is 4.62. The molecule has 0 spiro atoms. The van der Waals surface area contributed by atoms with E-state index in [-0.39, 0.29) is 5.56 Å². The summed E-state index contributed by atoms with van der Waals surface area (Å²) in [4.78, 5) is 13.3. The van der Waals surface area contributed by atoms with Gasteiger partial charge in [-0.05, 0) is 37.1 Å². The Morgan fingerprint density at radius 3 is 2.19 bits per heavy atom. The summed E-state index contributed by atoms with van der Waals surface area (Å²) in [6.07, 6.45) is 0. The van der Waals surface area contributed by atoms with Crippen molar-refractivity contribution in [2.45, 2.75) is 13.8 Å². The molecule has 1 aromatic heterocycles. The second kappa shape index (κ2) is 6.52. The fourth-order valence-electron chi connectivity index (χ4n) is 3.30. The lowest BCUT2D eigenvalue weighted by Gasteiger charge is -2.06. The van der Waals surface area contributed by atoms with Crippen LogP contribution in [0.3, 0.4) is 0 Å². The van der Waals surface area contributed by atoms with Crippen molar-refractivity contribution in [2.75, 3.05) is 0 Å². The van der Waals surface area contributed by atoms with E-state index in [0.29, 0.717) is 5.56 Å². The van der Waals surface area contributed by atoms with E-state index in [2.05, 4.69) is 24.2 Å². The molecule has 0 amide bonds. The molecule has 1 heterocycles. The number of hydrogen-bond acceptors (Lipinski definition) is 1. The number of hydrogen-bond donors (Lipinski definition) is 1. The van der Waals surface area contributed by atoms with Crippen LogP contribution in [0.15, 0.2) is 83.7 Å². The van der Waals surface area contributed by atoms with Crippen molar-refractivity contribution in [1.29, 1.82) is 0 Å². The first-order valence-corrected chi connectivity index (χ1v) is 8.68. The maximum Gasteiger partial charge on any atom is 0.279 e. The Hall–Kier alpha value is -3.33. The number of aromatic nitrogens is 2. The summed E-state index contributed by atoms with van der Waals surface area (Å²) in [7, 11) is 0. The van der Waals surface area contributed by atoms with E-state index < -0.39 is 0 Å². The molecule has 4 rings (SSSR count). The van der Waals surface area contributed by atoms with Crippen molar-refractivity contribution in [1.82, 2.24) is 9.78 Å². The molecule has 0 saturated heterocycles. The lowest BCUT2D eigenvalue weighted by Crippen LogP contribution is -2.16. The van der Waals surface area contributed by atoms with E-state index in [4.69, 9.17) is 0 Å². The summed E-state index contributed by atoms with van der Waals surface area (Å²) in [6.45, 7) is 4.07. The van der Waals surface area contributed by atoms with E-state index in [1.807, 2.05) is 73.7 Å². The van der Waals surface area contributed by atoms with Crippen LogP contribution in [0.1, 0.15) is 11.1 Å². The molecule has 4 aromatic rings. The standard InChI is InChI=1S/C23H20N2O/c1-16-9-8-13-19(15-16)22-21(18-11-4-3-5-12-18)23(26)25(24-22)20-14-7-6-10-17(20)2/h3-15,24H,1-2H3. The molecule has 0 atom stereocenters. The Kier molecular flexibility index (Phi) is 4.05. The van der Waals surface area contributed by atoms with Crippen LogP contribution in [0.4, 0.5) is 0 Å². The van der Waals surface area contributed by atoms with E-state index in [0.717, 1.165) is 33.6 Å². The van der Waals surface area contributed by atoms with Crippen LogP contribution in [0, 0.1) is 13.8 Å². The molecule has 1 N–H and O–H groups in total. The molecule has 128 valence electrons. The van der Waals surface area contributed by atoms with Gasteiger partial charge < -0.3 is 0 Å². The number of aryl methyl sites for hydroxylation is 2. The van der Waals surface area contributed by atoms with Crippen molar-refractivity contribution in [3.05, 3.63) is 100 Å². The predicted molar refractivity (Wildman–Crippen MR) is 107 cm³/mol. The highest BCUT2D eigenvalue weighted by Crippen LogP contribution is 2.29. The zero-order valence-electron chi connectivity index (χ0n) is 14.9. The number of nitrogens with zero attached hydrogens (tertiary/aromatic N) is 1. The molecular formula is C23H20N2O. The number of benzene rings is 3. The Morgan fingerprint density at radius 1 is 0.769 bits per heavy atom. The monoisotopic (exact) mass is 340 g/mol. The van der Waals surface area contributed by atoms with E-state index >= 15 is 0 Å². The molecule has 0 unspecified atom stereocenters.